The van der Waals surface area contributed by atoms with Crippen molar-refractivity contribution >= 4 is 11.2 Å². The molecule has 0 saturated heterocycles. The molecule has 2 heterocycles. The monoisotopic (exact) mass is 292 g/mol. The number of hydrogen-bond acceptors (Lipinski definition) is 4. The van der Waals surface area contributed by atoms with Gasteiger partial charge in [0.1, 0.15) is 23.6 Å². The predicted octanol–water partition coefficient (Wildman–Crippen LogP) is 2.86. The van der Waals surface area contributed by atoms with Gasteiger partial charge in [-0.3, -0.25) is 4.57 Å². The van der Waals surface area contributed by atoms with Crippen LogP contribution in [0, 0.1) is 18.3 Å². The van der Waals surface area contributed by atoms with Gasteiger partial charge in [0.2, 0.25) is 0 Å². The first-order valence-electron chi connectivity index (χ1n) is 7.03. The van der Waals surface area contributed by atoms with Crippen LogP contribution in [0.25, 0.3) is 11.2 Å². The summed E-state index contributed by atoms with van der Waals surface area (Å²) in [6, 6.07) is 12.0. The minimum absolute atomic E-state index is 0.248. The van der Waals surface area contributed by atoms with Gasteiger partial charge in [-0.05, 0) is 36.2 Å². The van der Waals surface area contributed by atoms with Gasteiger partial charge < -0.3 is 4.74 Å². The summed E-state index contributed by atoms with van der Waals surface area (Å²) < 4.78 is 7.04. The van der Waals surface area contributed by atoms with Gasteiger partial charge in [0.15, 0.2) is 5.65 Å². The van der Waals surface area contributed by atoms with Crippen molar-refractivity contribution in [1.82, 2.24) is 14.5 Å². The Balaban J connectivity index is 2.01. The molecular weight excluding hydrogens is 276 g/mol. The van der Waals surface area contributed by atoms with E-state index in [4.69, 9.17) is 10.00 Å². The second-order valence-corrected chi connectivity index (χ2v) is 5.15. The van der Waals surface area contributed by atoms with Gasteiger partial charge in [-0.25, -0.2) is 9.97 Å². The van der Waals surface area contributed by atoms with E-state index in [2.05, 4.69) is 16.0 Å². The number of benzene rings is 1. The van der Waals surface area contributed by atoms with Crippen LogP contribution in [0.1, 0.15) is 17.0 Å². The summed E-state index contributed by atoms with van der Waals surface area (Å²) in [6.07, 6.45) is 2.45. The molecule has 3 aromatic rings. The molecule has 0 amide bonds. The smallest absolute Gasteiger partial charge is 0.160 e. The lowest BCUT2D eigenvalue weighted by atomic mass is 10.1. The number of aryl methyl sites for hydroxylation is 1. The highest BCUT2D eigenvalue weighted by Crippen LogP contribution is 2.19. The van der Waals surface area contributed by atoms with Crippen molar-refractivity contribution in [1.29, 1.82) is 5.26 Å². The standard InChI is InChI=1S/C17H16N4O/c1-12-9-15-17(19-11-12)21(8-7-18)16(20-15)10-13-3-5-14(22-2)6-4-13/h3-6,9,11H,8,10H2,1-2H3. The first-order valence-corrected chi connectivity index (χ1v) is 7.03. The molecule has 0 N–H and O–H groups in total. The average Bonchev–Trinajstić information content (AvgIpc) is 2.85. The number of fused-ring (bicyclic) bond motifs is 1. The molecule has 2 aromatic heterocycles. The molecule has 0 saturated carbocycles. The van der Waals surface area contributed by atoms with Crippen molar-refractivity contribution < 1.29 is 4.74 Å². The first kappa shape index (κ1) is 14.1. The van der Waals surface area contributed by atoms with Crippen LogP contribution >= 0.6 is 0 Å². The Bertz CT molecular complexity index is 843. The number of pyridine rings is 1. The summed E-state index contributed by atoms with van der Waals surface area (Å²) in [7, 11) is 1.65. The first-order chi connectivity index (χ1) is 10.7. The molecule has 0 radical (unpaired) electrons. The van der Waals surface area contributed by atoms with E-state index in [1.807, 2.05) is 41.8 Å². The normalized spacial score (nSPS) is 10.6. The molecular formula is C17H16N4O. The molecule has 5 heteroatoms. The fourth-order valence-corrected chi connectivity index (χ4v) is 2.46. The van der Waals surface area contributed by atoms with Crippen LogP contribution in [0.4, 0.5) is 0 Å². The van der Waals surface area contributed by atoms with Gasteiger partial charge >= 0.3 is 0 Å². The third kappa shape index (κ3) is 2.63. The SMILES string of the molecule is COc1ccc(Cc2nc3cc(C)cnc3n2CC#N)cc1. The van der Waals surface area contributed by atoms with Gasteiger partial charge in [-0.2, -0.15) is 5.26 Å². The number of imidazole rings is 1. The Morgan fingerprint density at radius 3 is 2.73 bits per heavy atom. The Hall–Kier alpha value is -2.87. The molecule has 0 bridgehead atoms. The van der Waals surface area contributed by atoms with Crippen molar-refractivity contribution in [2.45, 2.75) is 19.9 Å². The highest BCUT2D eigenvalue weighted by Gasteiger charge is 2.12. The molecule has 0 atom stereocenters. The van der Waals surface area contributed by atoms with E-state index in [1.165, 1.54) is 0 Å². The number of ether oxygens (including phenoxy) is 1. The van der Waals surface area contributed by atoms with E-state index in [9.17, 15) is 0 Å². The largest absolute Gasteiger partial charge is 0.497 e. The number of methoxy groups -OCH3 is 1. The van der Waals surface area contributed by atoms with Crippen LogP contribution in [0.15, 0.2) is 36.5 Å². The fraction of sp³-hybridized carbons (Fsp3) is 0.235. The zero-order valence-electron chi connectivity index (χ0n) is 12.6. The third-order valence-electron chi connectivity index (χ3n) is 3.55. The molecule has 22 heavy (non-hydrogen) atoms. The highest BCUT2D eigenvalue weighted by atomic mass is 16.5. The van der Waals surface area contributed by atoms with E-state index < -0.39 is 0 Å². The van der Waals surface area contributed by atoms with Gasteiger partial charge in [0.05, 0.1) is 13.2 Å². The maximum Gasteiger partial charge on any atom is 0.160 e. The molecule has 0 fully saturated rings. The van der Waals surface area contributed by atoms with Crippen molar-refractivity contribution in [3.05, 3.63) is 53.5 Å². The van der Waals surface area contributed by atoms with E-state index in [0.717, 1.165) is 33.9 Å². The minimum atomic E-state index is 0.248. The molecule has 0 aliphatic heterocycles. The van der Waals surface area contributed by atoms with Crippen LogP contribution < -0.4 is 4.74 Å². The Morgan fingerprint density at radius 1 is 1.27 bits per heavy atom. The number of nitrogens with zero attached hydrogens (tertiary/aromatic N) is 4. The summed E-state index contributed by atoms with van der Waals surface area (Å²) >= 11 is 0. The molecule has 0 aliphatic carbocycles. The predicted molar refractivity (Wildman–Crippen MR) is 83.7 cm³/mol. The summed E-state index contributed by atoms with van der Waals surface area (Å²) in [5.41, 5.74) is 3.77. The van der Waals surface area contributed by atoms with Gasteiger partial charge in [0, 0.05) is 12.6 Å². The summed E-state index contributed by atoms with van der Waals surface area (Å²) in [5.74, 6) is 1.67. The minimum Gasteiger partial charge on any atom is -0.497 e. The summed E-state index contributed by atoms with van der Waals surface area (Å²) in [5, 5.41) is 9.07. The maximum absolute atomic E-state index is 9.07. The van der Waals surface area contributed by atoms with Crippen molar-refractivity contribution in [2.75, 3.05) is 7.11 Å². The Labute approximate surface area is 128 Å². The molecule has 0 aliphatic rings. The van der Waals surface area contributed by atoms with Crippen LogP contribution in [0.3, 0.4) is 0 Å². The Kier molecular flexibility index (Phi) is 3.75. The van der Waals surface area contributed by atoms with E-state index in [-0.39, 0.29) is 6.54 Å². The topological polar surface area (TPSA) is 63.7 Å². The van der Waals surface area contributed by atoms with Gasteiger partial charge in [-0.15, -0.1) is 0 Å². The third-order valence-corrected chi connectivity index (χ3v) is 3.55. The Morgan fingerprint density at radius 2 is 2.05 bits per heavy atom. The molecule has 1 aromatic carbocycles. The number of hydrogen-bond donors (Lipinski definition) is 0. The lowest BCUT2D eigenvalue weighted by molar-refractivity contribution is 0.414. The molecule has 3 rings (SSSR count). The fourth-order valence-electron chi connectivity index (χ4n) is 2.46. The van der Waals surface area contributed by atoms with Crippen LogP contribution in [-0.2, 0) is 13.0 Å². The van der Waals surface area contributed by atoms with Crippen LogP contribution in [0.2, 0.25) is 0 Å². The lowest BCUT2D eigenvalue weighted by Crippen LogP contribution is -2.04. The second-order valence-electron chi connectivity index (χ2n) is 5.15. The molecule has 0 spiro atoms. The highest BCUT2D eigenvalue weighted by molar-refractivity contribution is 5.72. The quantitative estimate of drug-likeness (QED) is 0.741. The summed E-state index contributed by atoms with van der Waals surface area (Å²) in [6.45, 7) is 2.23. The van der Waals surface area contributed by atoms with Crippen LogP contribution in [0.5, 0.6) is 5.75 Å². The number of rotatable bonds is 4. The second kappa shape index (κ2) is 5.86. The number of aromatic nitrogens is 3. The number of nitriles is 1. The zero-order valence-corrected chi connectivity index (χ0v) is 12.6. The van der Waals surface area contributed by atoms with Gasteiger partial charge in [-0.1, -0.05) is 12.1 Å². The maximum atomic E-state index is 9.07. The van der Waals surface area contributed by atoms with E-state index in [0.29, 0.717) is 6.42 Å². The van der Waals surface area contributed by atoms with Crippen LogP contribution in [-0.4, -0.2) is 21.6 Å². The summed E-state index contributed by atoms with van der Waals surface area (Å²) in [4.78, 5) is 9.07. The molecule has 5 nitrogen and oxygen atoms in total. The average molecular weight is 292 g/mol. The van der Waals surface area contributed by atoms with E-state index in [1.54, 1.807) is 13.3 Å². The molecule has 0 unspecified atom stereocenters. The van der Waals surface area contributed by atoms with Gasteiger partial charge in [0.25, 0.3) is 0 Å². The van der Waals surface area contributed by atoms with Crippen molar-refractivity contribution in [3.8, 4) is 11.8 Å². The molecule has 110 valence electrons. The zero-order chi connectivity index (χ0) is 15.5. The van der Waals surface area contributed by atoms with Crippen molar-refractivity contribution in [3.63, 3.8) is 0 Å². The lowest BCUT2D eigenvalue weighted by Gasteiger charge is -2.05. The van der Waals surface area contributed by atoms with E-state index >= 15 is 0 Å². The van der Waals surface area contributed by atoms with Crippen molar-refractivity contribution in [2.24, 2.45) is 0 Å².